The number of hydrogen-bond acceptors (Lipinski definition) is 2. The number of nitrogens with zero attached hydrogens (tertiary/aromatic N) is 1. The molecule has 3 heteroatoms. The molecule has 0 atom stereocenters. The molecule has 0 spiro atoms. The van der Waals surface area contributed by atoms with Gasteiger partial charge in [-0.15, -0.1) is 0 Å². The van der Waals surface area contributed by atoms with Gasteiger partial charge < -0.3 is 5.32 Å². The van der Waals surface area contributed by atoms with Crippen molar-refractivity contribution >= 4 is 11.6 Å². The Morgan fingerprint density at radius 2 is 1.33 bits per heavy atom. The molecule has 1 aromatic heterocycles. The summed E-state index contributed by atoms with van der Waals surface area (Å²) in [7, 11) is 0. The first-order valence-corrected chi connectivity index (χ1v) is 12.0. The van der Waals surface area contributed by atoms with E-state index in [1.165, 1.54) is 27.8 Å². The molecule has 174 valence electrons. The number of pyridine rings is 1. The van der Waals surface area contributed by atoms with Gasteiger partial charge in [0.2, 0.25) is 0 Å². The molecule has 3 rings (SSSR count). The Kier molecular flexibility index (Phi) is 7.41. The normalized spacial score (nSPS) is 11.5. The molecule has 0 saturated carbocycles. The maximum atomic E-state index is 13.2. The van der Waals surface area contributed by atoms with Crippen molar-refractivity contribution in [1.29, 1.82) is 0 Å². The van der Waals surface area contributed by atoms with Crippen LogP contribution in [0.5, 0.6) is 0 Å². The zero-order valence-electron chi connectivity index (χ0n) is 21.6. The van der Waals surface area contributed by atoms with Crippen LogP contribution in [0.1, 0.15) is 103 Å². The summed E-state index contributed by atoms with van der Waals surface area (Å²) in [5.74, 6) is 0.990. The molecule has 0 unspecified atom stereocenters. The molecule has 0 aliphatic carbocycles. The van der Waals surface area contributed by atoms with Gasteiger partial charge >= 0.3 is 0 Å². The lowest BCUT2D eigenvalue weighted by molar-refractivity contribution is 0.102. The average Bonchev–Trinajstić information content (AvgIpc) is 2.74. The lowest BCUT2D eigenvalue weighted by Gasteiger charge is -2.23. The van der Waals surface area contributed by atoms with Crippen LogP contribution in [0.15, 0.2) is 42.5 Å². The van der Waals surface area contributed by atoms with E-state index in [-0.39, 0.29) is 5.91 Å². The smallest absolute Gasteiger partial charge is 0.274 e. The molecule has 0 saturated heterocycles. The number of benzene rings is 2. The fourth-order valence-corrected chi connectivity index (χ4v) is 4.51. The van der Waals surface area contributed by atoms with Gasteiger partial charge in [0.05, 0.1) is 5.69 Å². The van der Waals surface area contributed by atoms with Crippen molar-refractivity contribution in [3.05, 3.63) is 81.5 Å². The molecular formula is C30H38N2O. The van der Waals surface area contributed by atoms with Gasteiger partial charge in [0.15, 0.2) is 0 Å². The van der Waals surface area contributed by atoms with Crippen LogP contribution < -0.4 is 5.32 Å². The minimum atomic E-state index is -0.178. The van der Waals surface area contributed by atoms with E-state index < -0.39 is 0 Å². The van der Waals surface area contributed by atoms with Crippen molar-refractivity contribution in [3.63, 3.8) is 0 Å². The molecule has 3 aromatic rings. The fraction of sp³-hybridized carbons (Fsp3) is 0.400. The molecule has 0 bridgehead atoms. The first-order valence-electron chi connectivity index (χ1n) is 12.0. The topological polar surface area (TPSA) is 42.0 Å². The van der Waals surface area contributed by atoms with E-state index in [0.717, 1.165) is 22.5 Å². The highest BCUT2D eigenvalue weighted by atomic mass is 16.1. The zero-order chi connectivity index (χ0) is 24.4. The van der Waals surface area contributed by atoms with Gasteiger partial charge in [-0.05, 0) is 78.5 Å². The second-order valence-corrected chi connectivity index (χ2v) is 10.2. The number of aryl methyl sites for hydroxylation is 3. The Hall–Kier alpha value is -2.94. The van der Waals surface area contributed by atoms with Crippen LogP contribution in [-0.2, 0) is 0 Å². The van der Waals surface area contributed by atoms with E-state index in [0.29, 0.717) is 23.4 Å². The first-order chi connectivity index (χ1) is 15.5. The highest BCUT2D eigenvalue weighted by molar-refractivity contribution is 6.04. The maximum Gasteiger partial charge on any atom is 0.274 e. The molecule has 0 radical (unpaired) electrons. The lowest BCUT2D eigenvalue weighted by Crippen LogP contribution is -2.16. The highest BCUT2D eigenvalue weighted by Crippen LogP contribution is 2.38. The van der Waals surface area contributed by atoms with Crippen LogP contribution >= 0.6 is 0 Å². The van der Waals surface area contributed by atoms with Crippen molar-refractivity contribution in [2.45, 2.75) is 80.1 Å². The molecule has 0 fully saturated rings. The van der Waals surface area contributed by atoms with Crippen LogP contribution in [0, 0.1) is 20.8 Å². The van der Waals surface area contributed by atoms with Gasteiger partial charge in [-0.2, -0.15) is 0 Å². The standard InChI is InChI=1S/C30H38N2O/c1-17(2)23-15-24(18(3)4)28(25(16-23)19(5)6)26-11-10-12-27(31-26)30(33)32-29-21(8)13-20(7)14-22(29)9/h10-19H,1-9H3,(H,32,33). The van der Waals surface area contributed by atoms with E-state index >= 15 is 0 Å². The lowest BCUT2D eigenvalue weighted by atomic mass is 9.83. The van der Waals surface area contributed by atoms with Crippen LogP contribution in [-0.4, -0.2) is 10.9 Å². The van der Waals surface area contributed by atoms with Crippen molar-refractivity contribution in [2.24, 2.45) is 0 Å². The van der Waals surface area contributed by atoms with Gasteiger partial charge in [0.1, 0.15) is 5.69 Å². The molecule has 0 aliphatic rings. The second kappa shape index (κ2) is 9.91. The number of aromatic nitrogens is 1. The summed E-state index contributed by atoms with van der Waals surface area (Å²) < 4.78 is 0. The number of rotatable bonds is 6. The molecule has 33 heavy (non-hydrogen) atoms. The number of carbonyl (C=O) groups excluding carboxylic acids is 1. The maximum absolute atomic E-state index is 13.2. The van der Waals surface area contributed by atoms with E-state index in [2.05, 4.69) is 78.0 Å². The van der Waals surface area contributed by atoms with E-state index in [9.17, 15) is 4.79 Å². The number of carbonyl (C=O) groups is 1. The summed E-state index contributed by atoms with van der Waals surface area (Å²) in [6.07, 6.45) is 0. The zero-order valence-corrected chi connectivity index (χ0v) is 21.6. The number of amides is 1. The molecule has 1 N–H and O–H groups in total. The van der Waals surface area contributed by atoms with Crippen LogP contribution in [0.4, 0.5) is 5.69 Å². The van der Waals surface area contributed by atoms with Gasteiger partial charge in [-0.1, -0.05) is 77.4 Å². The largest absolute Gasteiger partial charge is 0.320 e. The number of hydrogen-bond donors (Lipinski definition) is 1. The monoisotopic (exact) mass is 442 g/mol. The predicted molar refractivity (Wildman–Crippen MR) is 141 cm³/mol. The Morgan fingerprint density at radius 3 is 1.82 bits per heavy atom. The minimum Gasteiger partial charge on any atom is -0.320 e. The SMILES string of the molecule is Cc1cc(C)c(NC(=O)c2cccc(-c3c(C(C)C)cc(C(C)C)cc3C(C)C)n2)c(C)c1. The second-order valence-electron chi connectivity index (χ2n) is 10.2. The first kappa shape index (κ1) is 24.7. The summed E-state index contributed by atoms with van der Waals surface area (Å²) in [6, 6.07) is 14.6. The summed E-state index contributed by atoms with van der Waals surface area (Å²) in [5, 5.41) is 3.10. The Bertz CT molecular complexity index is 1120. The fourth-order valence-electron chi connectivity index (χ4n) is 4.51. The van der Waals surface area contributed by atoms with Crippen molar-refractivity contribution in [2.75, 3.05) is 5.32 Å². The summed E-state index contributed by atoms with van der Waals surface area (Å²) in [6.45, 7) is 19.5. The van der Waals surface area contributed by atoms with Gasteiger partial charge in [-0.25, -0.2) is 4.98 Å². The highest BCUT2D eigenvalue weighted by Gasteiger charge is 2.20. The molecule has 1 heterocycles. The molecular weight excluding hydrogens is 404 g/mol. The summed E-state index contributed by atoms with van der Waals surface area (Å²) in [5.41, 5.74) is 10.6. The minimum absolute atomic E-state index is 0.178. The van der Waals surface area contributed by atoms with Crippen molar-refractivity contribution in [1.82, 2.24) is 4.98 Å². The van der Waals surface area contributed by atoms with Crippen LogP contribution in [0.2, 0.25) is 0 Å². The average molecular weight is 443 g/mol. The van der Waals surface area contributed by atoms with E-state index in [4.69, 9.17) is 4.98 Å². The number of anilines is 1. The molecule has 2 aromatic carbocycles. The van der Waals surface area contributed by atoms with Crippen molar-refractivity contribution in [3.8, 4) is 11.3 Å². The Morgan fingerprint density at radius 1 is 0.788 bits per heavy atom. The Labute approximate surface area is 199 Å². The summed E-state index contributed by atoms with van der Waals surface area (Å²) in [4.78, 5) is 18.1. The summed E-state index contributed by atoms with van der Waals surface area (Å²) >= 11 is 0. The predicted octanol–water partition coefficient (Wildman–Crippen LogP) is 8.30. The van der Waals surface area contributed by atoms with Gasteiger partial charge in [0.25, 0.3) is 5.91 Å². The third-order valence-electron chi connectivity index (χ3n) is 6.29. The third kappa shape index (κ3) is 5.35. The van der Waals surface area contributed by atoms with Crippen LogP contribution in [0.25, 0.3) is 11.3 Å². The van der Waals surface area contributed by atoms with Crippen LogP contribution in [0.3, 0.4) is 0 Å². The van der Waals surface area contributed by atoms with Gasteiger partial charge in [0, 0.05) is 11.3 Å². The third-order valence-corrected chi connectivity index (χ3v) is 6.29. The quantitative estimate of drug-likeness (QED) is 0.417. The van der Waals surface area contributed by atoms with E-state index in [1.54, 1.807) is 6.07 Å². The number of nitrogens with one attached hydrogen (secondary N) is 1. The van der Waals surface area contributed by atoms with Gasteiger partial charge in [-0.3, -0.25) is 4.79 Å². The molecule has 0 aliphatic heterocycles. The molecule has 3 nitrogen and oxygen atoms in total. The Balaban J connectivity index is 2.09. The van der Waals surface area contributed by atoms with Crippen molar-refractivity contribution < 1.29 is 4.79 Å². The van der Waals surface area contributed by atoms with E-state index in [1.807, 2.05) is 26.0 Å². The molecule has 1 amide bonds.